The number of alkyl halides is 3. The van der Waals surface area contributed by atoms with Gasteiger partial charge in [0.15, 0.2) is 0 Å². The predicted molar refractivity (Wildman–Crippen MR) is 81.8 cm³/mol. The van der Waals surface area contributed by atoms with E-state index in [0.29, 0.717) is 6.42 Å². The number of halogens is 3. The van der Waals surface area contributed by atoms with Gasteiger partial charge in [0.05, 0.1) is 18.3 Å². The van der Waals surface area contributed by atoms with Gasteiger partial charge in [-0.15, -0.1) is 0 Å². The highest BCUT2D eigenvalue weighted by atomic mass is 32.2. The van der Waals surface area contributed by atoms with Crippen LogP contribution in [0.15, 0.2) is 30.3 Å². The molecule has 0 fully saturated rings. The van der Waals surface area contributed by atoms with Crippen LogP contribution in [-0.2, 0) is 20.7 Å². The monoisotopic (exact) mass is 349 g/mol. The molecule has 1 rings (SSSR count). The van der Waals surface area contributed by atoms with Crippen LogP contribution in [0.2, 0.25) is 0 Å². The van der Waals surface area contributed by atoms with Crippen molar-refractivity contribution in [3.05, 3.63) is 35.9 Å². The molecule has 8 heteroatoms. The highest BCUT2D eigenvalue weighted by Gasteiger charge is 2.29. The van der Waals surface area contributed by atoms with Gasteiger partial charge < -0.3 is 10.1 Å². The van der Waals surface area contributed by atoms with E-state index in [0.717, 1.165) is 5.56 Å². The third kappa shape index (κ3) is 8.49. The van der Waals surface area contributed by atoms with Gasteiger partial charge >= 0.3 is 11.5 Å². The van der Waals surface area contributed by atoms with Crippen molar-refractivity contribution in [1.29, 1.82) is 0 Å². The maximum Gasteiger partial charge on any atom is 0.442 e. The number of benzene rings is 1. The summed E-state index contributed by atoms with van der Waals surface area (Å²) in [5, 5.41) is 2.35. The molecule has 1 N–H and O–H groups in total. The summed E-state index contributed by atoms with van der Waals surface area (Å²) in [7, 11) is 0. The minimum Gasteiger partial charge on any atom is -0.466 e. The van der Waals surface area contributed by atoms with Gasteiger partial charge in [-0.2, -0.15) is 13.2 Å². The molecule has 0 radical (unpaired) electrons. The second kappa shape index (κ2) is 9.44. The van der Waals surface area contributed by atoms with Crippen molar-refractivity contribution in [2.45, 2.75) is 18.9 Å². The number of carbonyl (C=O) groups excluding carboxylic acids is 2. The lowest BCUT2D eigenvalue weighted by molar-refractivity contribution is -0.147. The highest BCUT2D eigenvalue weighted by Crippen LogP contribution is 2.29. The number of ether oxygens (including phenoxy) is 1. The van der Waals surface area contributed by atoms with Crippen molar-refractivity contribution in [2.75, 3.05) is 18.9 Å². The maximum absolute atomic E-state index is 12.0. The van der Waals surface area contributed by atoms with Gasteiger partial charge in [0.25, 0.3) is 0 Å². The van der Waals surface area contributed by atoms with Crippen molar-refractivity contribution >= 4 is 23.6 Å². The zero-order valence-electron chi connectivity index (χ0n) is 12.6. The Hall–Kier alpha value is -1.70. The molecular formula is C15H18F3NO3S. The summed E-state index contributed by atoms with van der Waals surface area (Å²) >= 11 is -0.412. The van der Waals surface area contributed by atoms with Crippen LogP contribution in [0.3, 0.4) is 0 Å². The molecule has 4 nitrogen and oxygen atoms in total. The van der Waals surface area contributed by atoms with E-state index < -0.39 is 40.8 Å². The molecule has 1 aromatic carbocycles. The number of carbonyl (C=O) groups is 2. The number of esters is 1. The molecule has 0 aliphatic carbocycles. The first kappa shape index (κ1) is 19.3. The van der Waals surface area contributed by atoms with Crippen molar-refractivity contribution in [2.24, 2.45) is 5.92 Å². The van der Waals surface area contributed by atoms with E-state index in [1.54, 1.807) is 6.92 Å². The molecule has 0 aromatic heterocycles. The maximum atomic E-state index is 12.0. The Morgan fingerprint density at radius 2 is 1.91 bits per heavy atom. The molecule has 0 bridgehead atoms. The van der Waals surface area contributed by atoms with E-state index >= 15 is 0 Å². The van der Waals surface area contributed by atoms with Crippen LogP contribution in [0.5, 0.6) is 0 Å². The van der Waals surface area contributed by atoms with Crippen LogP contribution in [0, 0.1) is 5.92 Å². The smallest absolute Gasteiger partial charge is 0.442 e. The molecule has 1 atom stereocenters. The van der Waals surface area contributed by atoms with Gasteiger partial charge in [-0.25, -0.2) is 0 Å². The van der Waals surface area contributed by atoms with Crippen LogP contribution >= 0.6 is 11.8 Å². The van der Waals surface area contributed by atoms with E-state index in [1.165, 1.54) is 0 Å². The van der Waals surface area contributed by atoms with Gasteiger partial charge in [-0.1, -0.05) is 30.3 Å². The number of thioether (sulfide) groups is 1. The van der Waals surface area contributed by atoms with E-state index in [4.69, 9.17) is 4.74 Å². The fourth-order valence-corrected chi connectivity index (χ4v) is 2.23. The third-order valence-corrected chi connectivity index (χ3v) is 3.59. The molecule has 23 heavy (non-hydrogen) atoms. The van der Waals surface area contributed by atoms with Crippen molar-refractivity contribution in [1.82, 2.24) is 5.32 Å². The molecule has 0 aliphatic rings. The second-order valence-electron chi connectivity index (χ2n) is 4.68. The van der Waals surface area contributed by atoms with Crippen LogP contribution in [0.25, 0.3) is 0 Å². The first-order valence-corrected chi connectivity index (χ1v) is 7.98. The SMILES string of the molecule is CCOC(=O)C(CNC(=O)CSC(F)(F)F)Cc1ccccc1. The van der Waals surface area contributed by atoms with Crippen LogP contribution in [-0.4, -0.2) is 36.3 Å². The molecule has 0 saturated heterocycles. The molecule has 128 valence electrons. The molecule has 0 aliphatic heterocycles. The molecule has 0 heterocycles. The number of amides is 1. The van der Waals surface area contributed by atoms with E-state index in [2.05, 4.69) is 5.32 Å². The fourth-order valence-electron chi connectivity index (χ4n) is 1.83. The van der Waals surface area contributed by atoms with Crippen molar-refractivity contribution in [3.63, 3.8) is 0 Å². The van der Waals surface area contributed by atoms with Crippen LogP contribution < -0.4 is 5.32 Å². The zero-order chi connectivity index (χ0) is 17.3. The summed E-state index contributed by atoms with van der Waals surface area (Å²) in [5.41, 5.74) is -3.58. The Morgan fingerprint density at radius 3 is 2.48 bits per heavy atom. The number of hydrogen-bond donors (Lipinski definition) is 1. The number of hydrogen-bond acceptors (Lipinski definition) is 4. The van der Waals surface area contributed by atoms with Crippen molar-refractivity contribution < 1.29 is 27.5 Å². The summed E-state index contributed by atoms with van der Waals surface area (Å²) in [6.45, 7) is 1.79. The quantitative estimate of drug-likeness (QED) is 0.734. The van der Waals surface area contributed by atoms with E-state index in [9.17, 15) is 22.8 Å². The first-order valence-electron chi connectivity index (χ1n) is 6.99. The molecule has 1 aromatic rings. The Kier molecular flexibility index (Phi) is 7.94. The summed E-state index contributed by atoms with van der Waals surface area (Å²) in [6.07, 6.45) is 0.340. The topological polar surface area (TPSA) is 55.4 Å². The van der Waals surface area contributed by atoms with Crippen LogP contribution in [0.4, 0.5) is 13.2 Å². The summed E-state index contributed by atoms with van der Waals surface area (Å²) in [6, 6.07) is 9.12. The van der Waals surface area contributed by atoms with Crippen molar-refractivity contribution in [3.8, 4) is 0 Å². The number of rotatable bonds is 8. The molecule has 0 saturated carbocycles. The zero-order valence-corrected chi connectivity index (χ0v) is 13.4. The predicted octanol–water partition coefficient (Wildman–Crippen LogP) is 2.78. The molecule has 1 unspecified atom stereocenters. The molecule has 1 amide bonds. The van der Waals surface area contributed by atoms with E-state index in [-0.39, 0.29) is 13.2 Å². The van der Waals surface area contributed by atoms with Crippen LogP contribution in [0.1, 0.15) is 12.5 Å². The highest BCUT2D eigenvalue weighted by molar-refractivity contribution is 8.00. The lowest BCUT2D eigenvalue weighted by Gasteiger charge is -2.16. The lowest BCUT2D eigenvalue weighted by Crippen LogP contribution is -2.36. The molecular weight excluding hydrogens is 331 g/mol. The van der Waals surface area contributed by atoms with E-state index in [1.807, 2.05) is 30.3 Å². The fraction of sp³-hybridized carbons (Fsp3) is 0.467. The second-order valence-corrected chi connectivity index (χ2v) is 5.72. The lowest BCUT2D eigenvalue weighted by atomic mass is 9.99. The minimum absolute atomic E-state index is 0.0645. The molecule has 0 spiro atoms. The number of nitrogens with one attached hydrogen (secondary N) is 1. The normalized spacial score (nSPS) is 12.5. The first-order chi connectivity index (χ1) is 10.8. The Bertz CT molecular complexity index is 508. The minimum atomic E-state index is -4.46. The Morgan fingerprint density at radius 1 is 1.26 bits per heavy atom. The summed E-state index contributed by atoms with van der Waals surface area (Å²) < 4.78 is 41.1. The Labute approximate surface area is 136 Å². The van der Waals surface area contributed by atoms with Gasteiger partial charge in [-0.05, 0) is 30.7 Å². The third-order valence-electron chi connectivity index (χ3n) is 2.86. The average molecular weight is 349 g/mol. The summed E-state index contributed by atoms with van der Waals surface area (Å²) in [4.78, 5) is 23.4. The summed E-state index contributed by atoms with van der Waals surface area (Å²) in [5.74, 6) is -2.63. The van der Waals surface area contributed by atoms with Gasteiger partial charge in [-0.3, -0.25) is 9.59 Å². The standard InChI is InChI=1S/C15H18F3NO3S/c1-2-22-14(21)12(8-11-6-4-3-5-7-11)9-19-13(20)10-23-15(16,17)18/h3-7,12H,2,8-10H2,1H3,(H,19,20). The van der Waals surface area contributed by atoms with Gasteiger partial charge in [0, 0.05) is 6.54 Å². The Balaban J connectivity index is 2.56. The average Bonchev–Trinajstić information content (AvgIpc) is 2.50. The largest absolute Gasteiger partial charge is 0.466 e. The van der Waals surface area contributed by atoms with Gasteiger partial charge in [0.2, 0.25) is 5.91 Å². The van der Waals surface area contributed by atoms with Gasteiger partial charge in [0.1, 0.15) is 0 Å².